The van der Waals surface area contributed by atoms with E-state index in [1.165, 1.54) is 7.11 Å². The average molecular weight is 741 g/mol. The van der Waals surface area contributed by atoms with Gasteiger partial charge in [0.2, 0.25) is 17.7 Å². The summed E-state index contributed by atoms with van der Waals surface area (Å²) < 4.78 is 11.6. The summed E-state index contributed by atoms with van der Waals surface area (Å²) in [5.74, 6) is -4.59. The monoisotopic (exact) mass is 740 g/mol. The van der Waals surface area contributed by atoms with Gasteiger partial charge in [0.05, 0.1) is 24.2 Å². The SMILES string of the molecule is CCc1ccc2c(OC3C=C(C(=O)N[C@H](C(=O)N[C@H](C(=O)OC)C4CCCCC4)C(C)C)C(C(=O)N[C@@H](CC)C(=O)O)C3)cc(-c3ccccc3)nc2c1. The highest BCUT2D eigenvalue weighted by molar-refractivity contribution is 6.03. The Morgan fingerprint density at radius 1 is 0.926 bits per heavy atom. The van der Waals surface area contributed by atoms with Crippen molar-refractivity contribution in [2.75, 3.05) is 7.11 Å². The molecule has 0 saturated heterocycles. The van der Waals surface area contributed by atoms with Crippen LogP contribution >= 0.6 is 0 Å². The molecule has 1 fully saturated rings. The molecule has 12 heteroatoms. The molecule has 12 nitrogen and oxygen atoms in total. The molecule has 1 aromatic heterocycles. The first-order chi connectivity index (χ1) is 25.9. The lowest BCUT2D eigenvalue weighted by atomic mass is 9.83. The van der Waals surface area contributed by atoms with E-state index in [4.69, 9.17) is 14.5 Å². The molecule has 3 aromatic rings. The number of nitrogens with one attached hydrogen (secondary N) is 3. The van der Waals surface area contributed by atoms with Gasteiger partial charge in [-0.25, -0.2) is 14.6 Å². The lowest BCUT2D eigenvalue weighted by molar-refractivity contribution is -0.147. The molecule has 2 unspecified atom stereocenters. The molecular formula is C42H52N4O8. The highest BCUT2D eigenvalue weighted by Gasteiger charge is 2.40. The number of amides is 3. The van der Waals surface area contributed by atoms with Crippen LogP contribution in [0.4, 0.5) is 0 Å². The number of rotatable bonds is 15. The van der Waals surface area contributed by atoms with Crippen LogP contribution in [0.2, 0.25) is 0 Å². The van der Waals surface area contributed by atoms with Gasteiger partial charge in [0, 0.05) is 29.0 Å². The predicted molar refractivity (Wildman–Crippen MR) is 204 cm³/mol. The third-order valence-electron chi connectivity index (χ3n) is 10.5. The van der Waals surface area contributed by atoms with Gasteiger partial charge in [-0.2, -0.15) is 0 Å². The number of carbonyl (C=O) groups excluding carboxylic acids is 4. The Labute approximate surface area is 316 Å². The van der Waals surface area contributed by atoms with E-state index in [2.05, 4.69) is 22.9 Å². The quantitative estimate of drug-likeness (QED) is 0.147. The van der Waals surface area contributed by atoms with Crippen molar-refractivity contribution in [2.45, 2.75) is 103 Å². The predicted octanol–water partition coefficient (Wildman–Crippen LogP) is 5.52. The summed E-state index contributed by atoms with van der Waals surface area (Å²) in [6.45, 7) is 7.26. The summed E-state index contributed by atoms with van der Waals surface area (Å²) in [4.78, 5) is 71.3. The molecule has 0 radical (unpaired) electrons. The maximum absolute atomic E-state index is 14.2. The Balaban J connectivity index is 1.46. The number of aryl methyl sites for hydroxylation is 1. The second-order valence-corrected chi connectivity index (χ2v) is 14.6. The van der Waals surface area contributed by atoms with Crippen LogP contribution in [0.1, 0.15) is 78.2 Å². The molecule has 2 aromatic carbocycles. The number of hydrogen-bond donors (Lipinski definition) is 4. The molecule has 0 aliphatic heterocycles. The normalized spacial score (nSPS) is 19.0. The lowest BCUT2D eigenvalue weighted by Crippen LogP contribution is -2.56. The van der Waals surface area contributed by atoms with E-state index in [9.17, 15) is 29.1 Å². The summed E-state index contributed by atoms with van der Waals surface area (Å²) in [7, 11) is 1.29. The van der Waals surface area contributed by atoms with E-state index in [1.807, 2.05) is 54.6 Å². The van der Waals surface area contributed by atoms with E-state index >= 15 is 0 Å². The van der Waals surface area contributed by atoms with E-state index in [-0.39, 0.29) is 30.3 Å². The lowest BCUT2D eigenvalue weighted by Gasteiger charge is -2.31. The van der Waals surface area contributed by atoms with E-state index in [0.29, 0.717) is 11.4 Å². The zero-order chi connectivity index (χ0) is 38.9. The van der Waals surface area contributed by atoms with Gasteiger partial charge >= 0.3 is 11.9 Å². The van der Waals surface area contributed by atoms with Gasteiger partial charge in [-0.15, -0.1) is 0 Å². The first-order valence-corrected chi connectivity index (χ1v) is 19.0. The summed E-state index contributed by atoms with van der Waals surface area (Å²) in [5, 5.41) is 18.7. The third-order valence-corrected chi connectivity index (χ3v) is 10.5. The largest absolute Gasteiger partial charge is 0.486 e. The number of aromatic nitrogens is 1. The highest BCUT2D eigenvalue weighted by atomic mass is 16.5. The molecule has 1 saturated carbocycles. The molecule has 0 spiro atoms. The Hall–Kier alpha value is -5.26. The smallest absolute Gasteiger partial charge is 0.328 e. The Morgan fingerprint density at radius 3 is 2.28 bits per heavy atom. The van der Waals surface area contributed by atoms with Gasteiger partial charge in [0.1, 0.15) is 30.0 Å². The molecule has 288 valence electrons. The van der Waals surface area contributed by atoms with Crippen LogP contribution in [0.3, 0.4) is 0 Å². The Kier molecular flexibility index (Phi) is 13.4. The number of carboxylic acid groups (broad SMARTS) is 1. The maximum Gasteiger partial charge on any atom is 0.328 e. The minimum absolute atomic E-state index is 0.0484. The molecule has 3 amide bonds. The second kappa shape index (κ2) is 18.2. The number of carboxylic acids is 1. The van der Waals surface area contributed by atoms with Crippen LogP contribution in [0.25, 0.3) is 22.2 Å². The van der Waals surface area contributed by atoms with E-state index in [0.717, 1.165) is 60.6 Å². The van der Waals surface area contributed by atoms with Crippen molar-refractivity contribution < 1.29 is 38.6 Å². The number of aliphatic carboxylic acids is 1. The van der Waals surface area contributed by atoms with Crippen LogP contribution in [0, 0.1) is 17.8 Å². The number of ether oxygens (including phenoxy) is 2. The van der Waals surface area contributed by atoms with Crippen molar-refractivity contribution in [2.24, 2.45) is 17.8 Å². The van der Waals surface area contributed by atoms with Crippen molar-refractivity contribution in [1.82, 2.24) is 20.9 Å². The maximum atomic E-state index is 14.2. The topological polar surface area (TPSA) is 173 Å². The van der Waals surface area contributed by atoms with Crippen molar-refractivity contribution in [3.63, 3.8) is 0 Å². The van der Waals surface area contributed by atoms with Gasteiger partial charge in [-0.05, 0) is 61.3 Å². The first-order valence-electron chi connectivity index (χ1n) is 19.0. The van der Waals surface area contributed by atoms with Crippen molar-refractivity contribution in [3.8, 4) is 17.0 Å². The number of nitrogens with zero attached hydrogens (tertiary/aromatic N) is 1. The van der Waals surface area contributed by atoms with Gasteiger partial charge in [-0.3, -0.25) is 14.4 Å². The second-order valence-electron chi connectivity index (χ2n) is 14.6. The number of methoxy groups -OCH3 is 1. The summed E-state index contributed by atoms with van der Waals surface area (Å²) in [6, 6.07) is 14.4. The molecular weight excluding hydrogens is 688 g/mol. The number of esters is 1. The first kappa shape index (κ1) is 39.9. The van der Waals surface area contributed by atoms with Crippen LogP contribution in [-0.4, -0.2) is 71.1 Å². The summed E-state index contributed by atoms with van der Waals surface area (Å²) in [6.07, 6.45) is 6.33. The number of hydrogen-bond acceptors (Lipinski definition) is 8. The van der Waals surface area contributed by atoms with Crippen molar-refractivity contribution in [3.05, 3.63) is 71.8 Å². The third kappa shape index (κ3) is 9.45. The zero-order valence-corrected chi connectivity index (χ0v) is 31.7. The van der Waals surface area contributed by atoms with Gasteiger partial charge in [-0.1, -0.05) is 83.4 Å². The van der Waals surface area contributed by atoms with E-state index in [1.54, 1.807) is 26.8 Å². The number of carbonyl (C=O) groups is 5. The minimum Gasteiger partial charge on any atom is -0.486 e. The standard InChI is InChI=1S/C42H52N4O8/c1-6-25-18-19-29-34(20-25)43-33(26-14-10-8-11-15-26)23-35(29)54-28-21-30(38(47)44-32(7-2)41(50)51)31(22-28)39(48)45-36(24(3)4)40(49)46-37(42(52)53-5)27-16-12-9-13-17-27/h8,10-11,14-15,18-20,22-24,27-28,30,32,36-37H,6-7,9,12-13,16-17,21H2,1-5H3,(H,44,47)(H,45,48)(H,46,49)(H,50,51)/t28?,30?,32-,36-,37-/m0/s1. The van der Waals surface area contributed by atoms with Crippen LogP contribution < -0.4 is 20.7 Å². The fraction of sp³-hybridized carbons (Fsp3) is 0.476. The Bertz CT molecular complexity index is 1870. The molecule has 4 N–H and O–H groups in total. The molecule has 2 aliphatic rings. The average Bonchev–Trinajstić information content (AvgIpc) is 3.61. The minimum atomic E-state index is -1.19. The molecule has 0 bridgehead atoms. The highest BCUT2D eigenvalue weighted by Crippen LogP contribution is 2.36. The van der Waals surface area contributed by atoms with Gasteiger partial charge in [0.15, 0.2) is 0 Å². The molecule has 2 aliphatic carbocycles. The van der Waals surface area contributed by atoms with Gasteiger partial charge in [0.25, 0.3) is 0 Å². The van der Waals surface area contributed by atoms with E-state index < -0.39 is 59.8 Å². The fourth-order valence-corrected chi connectivity index (χ4v) is 7.36. The zero-order valence-electron chi connectivity index (χ0n) is 31.7. The number of benzene rings is 2. The number of fused-ring (bicyclic) bond motifs is 1. The van der Waals surface area contributed by atoms with Gasteiger partial charge < -0.3 is 30.5 Å². The molecule has 1 heterocycles. The summed E-state index contributed by atoms with van der Waals surface area (Å²) in [5.41, 5.74) is 3.48. The number of pyridine rings is 1. The molecule has 54 heavy (non-hydrogen) atoms. The van der Waals surface area contributed by atoms with Crippen LogP contribution in [0.5, 0.6) is 5.75 Å². The Morgan fingerprint density at radius 2 is 1.65 bits per heavy atom. The summed E-state index contributed by atoms with van der Waals surface area (Å²) >= 11 is 0. The van der Waals surface area contributed by atoms with Crippen LogP contribution in [-0.2, 0) is 35.1 Å². The molecule has 5 atom stereocenters. The van der Waals surface area contributed by atoms with Crippen molar-refractivity contribution in [1.29, 1.82) is 0 Å². The van der Waals surface area contributed by atoms with Crippen molar-refractivity contribution >= 4 is 40.6 Å². The molecule has 5 rings (SSSR count). The van der Waals surface area contributed by atoms with Crippen LogP contribution in [0.15, 0.2) is 66.2 Å². The fourth-order valence-electron chi connectivity index (χ4n) is 7.36.